The van der Waals surface area contributed by atoms with E-state index in [1.165, 1.54) is 12.4 Å². The molecule has 0 aliphatic rings. The minimum absolute atomic E-state index is 0.116. The highest BCUT2D eigenvalue weighted by Gasteiger charge is 2.31. The van der Waals surface area contributed by atoms with Crippen LogP contribution in [-0.2, 0) is 6.18 Å². The van der Waals surface area contributed by atoms with Gasteiger partial charge in [0.1, 0.15) is 10.8 Å². The van der Waals surface area contributed by atoms with Crippen LogP contribution >= 0.6 is 27.5 Å². The minimum atomic E-state index is -4.49. The Morgan fingerprint density at radius 2 is 1.89 bits per heavy atom. The van der Waals surface area contributed by atoms with E-state index in [1.54, 1.807) is 6.07 Å². The van der Waals surface area contributed by atoms with Crippen molar-refractivity contribution in [3.05, 3.63) is 45.8 Å². The Bertz CT molecular complexity index is 607. The minimum Gasteiger partial charge on any atom is -0.436 e. The maximum atomic E-state index is 12.4. The molecule has 8 heteroatoms. The predicted molar refractivity (Wildman–Crippen MR) is 66.3 cm³/mol. The van der Waals surface area contributed by atoms with Gasteiger partial charge in [-0.3, -0.25) is 4.98 Å². The lowest BCUT2D eigenvalue weighted by Crippen LogP contribution is -2.05. The molecule has 2 aromatic heterocycles. The molecule has 2 rings (SSSR count). The number of ether oxygens (including phenoxy) is 1. The first kappa shape index (κ1) is 14.1. The topological polar surface area (TPSA) is 35.0 Å². The lowest BCUT2D eigenvalue weighted by Gasteiger charge is -2.09. The van der Waals surface area contributed by atoms with E-state index in [2.05, 4.69) is 25.9 Å². The SMILES string of the molecule is FC(F)(F)c1cnc(Oc2cncc(Br)c2)c(Cl)c1. The molecule has 0 saturated heterocycles. The summed E-state index contributed by atoms with van der Waals surface area (Å²) < 4.78 is 43.2. The lowest BCUT2D eigenvalue weighted by atomic mass is 10.3. The molecule has 3 nitrogen and oxygen atoms in total. The summed E-state index contributed by atoms with van der Waals surface area (Å²) in [7, 11) is 0. The highest BCUT2D eigenvalue weighted by atomic mass is 79.9. The Morgan fingerprint density at radius 3 is 2.47 bits per heavy atom. The molecule has 0 spiro atoms. The summed E-state index contributed by atoms with van der Waals surface area (Å²) in [5.74, 6) is 0.193. The molecule has 0 amide bonds. The first-order valence-electron chi connectivity index (χ1n) is 4.87. The van der Waals surface area contributed by atoms with Gasteiger partial charge in [-0.15, -0.1) is 0 Å². The molecule has 0 aliphatic carbocycles. The quantitative estimate of drug-likeness (QED) is 0.785. The van der Waals surface area contributed by atoms with E-state index in [0.29, 0.717) is 16.4 Å². The van der Waals surface area contributed by atoms with E-state index in [1.807, 2.05) is 0 Å². The summed E-state index contributed by atoms with van der Waals surface area (Å²) in [6.07, 6.45) is -0.909. The number of pyridine rings is 2. The molecule has 0 aromatic carbocycles. The number of aromatic nitrogens is 2. The van der Waals surface area contributed by atoms with E-state index >= 15 is 0 Å². The van der Waals surface area contributed by atoms with Crippen molar-refractivity contribution in [2.75, 3.05) is 0 Å². The molecule has 0 atom stereocenters. The van der Waals surface area contributed by atoms with Gasteiger partial charge in [0, 0.05) is 16.9 Å². The molecular formula is C11H5BrClF3N2O. The second-order valence-electron chi connectivity index (χ2n) is 3.45. The molecule has 2 heterocycles. The van der Waals surface area contributed by atoms with Crippen LogP contribution in [-0.4, -0.2) is 9.97 Å². The summed E-state index contributed by atoms with van der Waals surface area (Å²) >= 11 is 8.89. The fourth-order valence-electron chi connectivity index (χ4n) is 1.22. The van der Waals surface area contributed by atoms with Crippen LogP contribution in [0.2, 0.25) is 5.02 Å². The Kier molecular flexibility index (Phi) is 3.96. The molecular weight excluding hydrogens is 348 g/mol. The Balaban J connectivity index is 2.27. The van der Waals surface area contributed by atoms with Gasteiger partial charge in [0.25, 0.3) is 0 Å². The van der Waals surface area contributed by atoms with Crippen LogP contribution in [0.5, 0.6) is 11.6 Å². The molecule has 100 valence electrons. The van der Waals surface area contributed by atoms with Crippen molar-refractivity contribution in [3.8, 4) is 11.6 Å². The second-order valence-corrected chi connectivity index (χ2v) is 4.77. The highest BCUT2D eigenvalue weighted by Crippen LogP contribution is 2.34. The fraction of sp³-hybridized carbons (Fsp3) is 0.0909. The smallest absolute Gasteiger partial charge is 0.417 e. The standard InChI is InChI=1S/C11H5BrClF3N2O/c12-7-2-8(5-17-4-7)19-10-9(13)1-6(3-18-10)11(14,15)16/h1-5H. The molecule has 19 heavy (non-hydrogen) atoms. The fourth-order valence-corrected chi connectivity index (χ4v) is 1.76. The summed E-state index contributed by atoms with van der Waals surface area (Å²) in [4.78, 5) is 7.40. The molecule has 0 N–H and O–H groups in total. The maximum absolute atomic E-state index is 12.4. The van der Waals surface area contributed by atoms with Gasteiger partial charge in [-0.1, -0.05) is 11.6 Å². The number of alkyl halides is 3. The average Bonchev–Trinajstić information content (AvgIpc) is 2.30. The molecule has 0 aliphatic heterocycles. The van der Waals surface area contributed by atoms with Crippen LogP contribution in [0.1, 0.15) is 5.56 Å². The Labute approximate surface area is 119 Å². The monoisotopic (exact) mass is 352 g/mol. The van der Waals surface area contributed by atoms with Gasteiger partial charge >= 0.3 is 6.18 Å². The van der Waals surface area contributed by atoms with Crippen LogP contribution in [0.25, 0.3) is 0 Å². The molecule has 0 bridgehead atoms. The predicted octanol–water partition coefficient (Wildman–Crippen LogP) is 4.70. The van der Waals surface area contributed by atoms with E-state index in [-0.39, 0.29) is 10.9 Å². The summed E-state index contributed by atoms with van der Waals surface area (Å²) in [6, 6.07) is 2.35. The molecule has 0 radical (unpaired) electrons. The first-order valence-corrected chi connectivity index (χ1v) is 6.04. The molecule has 0 unspecified atom stereocenters. The van der Waals surface area contributed by atoms with Crippen molar-refractivity contribution in [2.24, 2.45) is 0 Å². The van der Waals surface area contributed by atoms with Crippen molar-refractivity contribution in [3.63, 3.8) is 0 Å². The van der Waals surface area contributed by atoms with Crippen LogP contribution in [0.3, 0.4) is 0 Å². The first-order chi connectivity index (χ1) is 8.86. The van der Waals surface area contributed by atoms with Gasteiger partial charge in [0.15, 0.2) is 0 Å². The third-order valence-corrected chi connectivity index (χ3v) is 2.73. The van der Waals surface area contributed by atoms with Crippen molar-refractivity contribution >= 4 is 27.5 Å². The van der Waals surface area contributed by atoms with Crippen LogP contribution < -0.4 is 4.74 Å². The van der Waals surface area contributed by atoms with Crippen molar-refractivity contribution in [1.82, 2.24) is 9.97 Å². The number of nitrogens with zero attached hydrogens (tertiary/aromatic N) is 2. The van der Waals surface area contributed by atoms with E-state index in [9.17, 15) is 13.2 Å². The van der Waals surface area contributed by atoms with Gasteiger partial charge in [-0.25, -0.2) is 4.98 Å². The summed E-state index contributed by atoms with van der Waals surface area (Å²) in [5, 5.41) is -0.227. The van der Waals surface area contributed by atoms with Gasteiger partial charge in [0.2, 0.25) is 5.88 Å². The number of hydrogen-bond donors (Lipinski definition) is 0. The molecule has 2 aromatic rings. The summed E-state index contributed by atoms with van der Waals surface area (Å²) in [5.41, 5.74) is -0.933. The van der Waals surface area contributed by atoms with Crippen LogP contribution in [0.15, 0.2) is 35.2 Å². The Morgan fingerprint density at radius 1 is 1.16 bits per heavy atom. The largest absolute Gasteiger partial charge is 0.436 e. The molecule has 0 fully saturated rings. The van der Waals surface area contributed by atoms with E-state index in [4.69, 9.17) is 16.3 Å². The number of rotatable bonds is 2. The van der Waals surface area contributed by atoms with Gasteiger partial charge in [0.05, 0.1) is 11.8 Å². The van der Waals surface area contributed by atoms with Crippen molar-refractivity contribution in [2.45, 2.75) is 6.18 Å². The zero-order valence-electron chi connectivity index (χ0n) is 9.08. The normalized spacial score (nSPS) is 11.4. The molecule has 0 saturated carbocycles. The number of hydrogen-bond acceptors (Lipinski definition) is 3. The third-order valence-electron chi connectivity index (χ3n) is 2.03. The Hall–Kier alpha value is -1.34. The average molecular weight is 354 g/mol. The zero-order valence-corrected chi connectivity index (χ0v) is 11.4. The second kappa shape index (κ2) is 5.34. The van der Waals surface area contributed by atoms with Crippen LogP contribution in [0, 0.1) is 0 Å². The lowest BCUT2D eigenvalue weighted by molar-refractivity contribution is -0.137. The van der Waals surface area contributed by atoms with E-state index in [0.717, 1.165) is 6.07 Å². The van der Waals surface area contributed by atoms with Crippen molar-refractivity contribution < 1.29 is 17.9 Å². The summed E-state index contributed by atoms with van der Waals surface area (Å²) in [6.45, 7) is 0. The third kappa shape index (κ3) is 3.57. The highest BCUT2D eigenvalue weighted by molar-refractivity contribution is 9.10. The van der Waals surface area contributed by atoms with Crippen molar-refractivity contribution in [1.29, 1.82) is 0 Å². The number of halogens is 5. The van der Waals surface area contributed by atoms with Gasteiger partial charge in [-0.2, -0.15) is 13.2 Å². The maximum Gasteiger partial charge on any atom is 0.417 e. The van der Waals surface area contributed by atoms with Gasteiger partial charge in [-0.05, 0) is 28.1 Å². The van der Waals surface area contributed by atoms with Crippen LogP contribution in [0.4, 0.5) is 13.2 Å². The van der Waals surface area contributed by atoms with Gasteiger partial charge < -0.3 is 4.74 Å². The van der Waals surface area contributed by atoms with E-state index < -0.39 is 11.7 Å². The zero-order chi connectivity index (χ0) is 14.0.